The zero-order valence-electron chi connectivity index (χ0n) is 9.81. The van der Waals surface area contributed by atoms with Crippen molar-refractivity contribution in [1.29, 1.82) is 0 Å². The number of benzene rings is 2. The number of hydrogen-bond donors (Lipinski definition) is 0. The van der Waals surface area contributed by atoms with Gasteiger partial charge in [-0.25, -0.2) is 0 Å². The van der Waals surface area contributed by atoms with Crippen molar-refractivity contribution in [2.75, 3.05) is 0 Å². The second kappa shape index (κ2) is 4.83. The molecule has 0 amide bonds. The number of halogens is 2. The number of carbonyl (C=O) groups is 1. The van der Waals surface area contributed by atoms with E-state index in [-0.39, 0.29) is 0 Å². The Balaban J connectivity index is 2.37. The fraction of sp³-hybridized carbons (Fsp3) is 0. The van der Waals surface area contributed by atoms with Gasteiger partial charge >= 0.3 is 0 Å². The van der Waals surface area contributed by atoms with E-state index in [4.69, 9.17) is 11.6 Å². The number of carbonyl (C=O) groups excluding carboxylic acids is 1. The van der Waals surface area contributed by atoms with Gasteiger partial charge in [-0.1, -0.05) is 45.7 Å². The zero-order chi connectivity index (χ0) is 13.4. The first-order chi connectivity index (χ1) is 9.22. The standard InChI is InChI=1S/C15H9BrClNO/c16-10-5-7-11(8-6-10)18-14-4-2-1-3-12(14)13(9-19)15(18)17/h1-9H. The Morgan fingerprint density at radius 1 is 1.05 bits per heavy atom. The molecule has 0 fully saturated rings. The summed E-state index contributed by atoms with van der Waals surface area (Å²) in [6.45, 7) is 0. The van der Waals surface area contributed by atoms with E-state index in [1.807, 2.05) is 53.1 Å². The fourth-order valence-corrected chi connectivity index (χ4v) is 2.79. The second-order valence-electron chi connectivity index (χ2n) is 4.15. The molecule has 19 heavy (non-hydrogen) atoms. The summed E-state index contributed by atoms with van der Waals surface area (Å²) in [5.74, 6) is 0. The van der Waals surface area contributed by atoms with E-state index in [2.05, 4.69) is 15.9 Å². The van der Waals surface area contributed by atoms with Crippen molar-refractivity contribution in [2.45, 2.75) is 0 Å². The van der Waals surface area contributed by atoms with Crippen LogP contribution in [0.5, 0.6) is 0 Å². The highest BCUT2D eigenvalue weighted by Crippen LogP contribution is 2.32. The Morgan fingerprint density at radius 2 is 1.74 bits per heavy atom. The van der Waals surface area contributed by atoms with E-state index >= 15 is 0 Å². The molecule has 1 aromatic heterocycles. The van der Waals surface area contributed by atoms with Crippen LogP contribution in [0.3, 0.4) is 0 Å². The number of aromatic nitrogens is 1. The molecule has 2 aromatic carbocycles. The van der Waals surface area contributed by atoms with Crippen LogP contribution in [0.4, 0.5) is 0 Å². The number of nitrogens with zero attached hydrogens (tertiary/aromatic N) is 1. The van der Waals surface area contributed by atoms with Gasteiger partial charge in [0.25, 0.3) is 0 Å². The topological polar surface area (TPSA) is 22.0 Å². The van der Waals surface area contributed by atoms with Crippen molar-refractivity contribution in [2.24, 2.45) is 0 Å². The second-order valence-corrected chi connectivity index (χ2v) is 5.43. The Hall–Kier alpha value is -1.58. The van der Waals surface area contributed by atoms with Crippen molar-refractivity contribution in [3.63, 3.8) is 0 Å². The van der Waals surface area contributed by atoms with Gasteiger partial charge in [0.05, 0.1) is 11.1 Å². The van der Waals surface area contributed by atoms with Crippen molar-refractivity contribution < 1.29 is 4.79 Å². The van der Waals surface area contributed by atoms with Crippen LogP contribution < -0.4 is 0 Å². The van der Waals surface area contributed by atoms with E-state index in [0.29, 0.717) is 10.7 Å². The van der Waals surface area contributed by atoms with Crippen LogP contribution in [0, 0.1) is 0 Å². The molecule has 0 saturated heterocycles. The maximum Gasteiger partial charge on any atom is 0.153 e. The van der Waals surface area contributed by atoms with Gasteiger partial charge in [-0.05, 0) is 30.3 Å². The van der Waals surface area contributed by atoms with E-state index in [0.717, 1.165) is 27.3 Å². The Bertz CT molecular complexity index is 762. The number of aldehydes is 1. The SMILES string of the molecule is O=Cc1c(Cl)n(-c2ccc(Br)cc2)c2ccccc12. The highest BCUT2D eigenvalue weighted by Gasteiger charge is 2.15. The minimum Gasteiger partial charge on any atom is -0.300 e. The lowest BCUT2D eigenvalue weighted by Gasteiger charge is -2.07. The number of hydrogen-bond acceptors (Lipinski definition) is 1. The molecule has 3 rings (SSSR count). The predicted octanol–water partition coefficient (Wildman–Crippen LogP) is 4.86. The lowest BCUT2D eigenvalue weighted by Crippen LogP contribution is -1.93. The number of fused-ring (bicyclic) bond motifs is 1. The first-order valence-electron chi connectivity index (χ1n) is 5.72. The summed E-state index contributed by atoms with van der Waals surface area (Å²) in [5, 5.41) is 1.31. The van der Waals surface area contributed by atoms with Crippen molar-refractivity contribution in [3.8, 4) is 5.69 Å². The predicted molar refractivity (Wildman–Crippen MR) is 81.4 cm³/mol. The third-order valence-electron chi connectivity index (χ3n) is 3.06. The minimum absolute atomic E-state index is 0.443. The third-order valence-corrected chi connectivity index (χ3v) is 3.96. The monoisotopic (exact) mass is 333 g/mol. The maximum atomic E-state index is 11.2. The first-order valence-corrected chi connectivity index (χ1v) is 6.89. The lowest BCUT2D eigenvalue weighted by atomic mass is 10.2. The van der Waals surface area contributed by atoms with Crippen LogP contribution >= 0.6 is 27.5 Å². The van der Waals surface area contributed by atoms with Crippen molar-refractivity contribution in [3.05, 3.63) is 63.7 Å². The highest BCUT2D eigenvalue weighted by molar-refractivity contribution is 9.10. The average molecular weight is 335 g/mol. The molecule has 0 atom stereocenters. The summed E-state index contributed by atoms with van der Waals surface area (Å²) in [7, 11) is 0. The highest BCUT2D eigenvalue weighted by atomic mass is 79.9. The van der Waals surface area contributed by atoms with Crippen LogP contribution in [0.2, 0.25) is 5.15 Å². The summed E-state index contributed by atoms with van der Waals surface area (Å²) < 4.78 is 2.88. The van der Waals surface area contributed by atoms with Gasteiger partial charge in [-0.15, -0.1) is 0 Å². The Kier molecular flexibility index (Phi) is 3.17. The molecule has 0 saturated carbocycles. The van der Waals surface area contributed by atoms with Crippen LogP contribution in [-0.4, -0.2) is 10.9 Å². The fourth-order valence-electron chi connectivity index (χ4n) is 2.19. The molecule has 0 bridgehead atoms. The molecule has 94 valence electrons. The molecule has 0 unspecified atom stereocenters. The molecular weight excluding hydrogens is 326 g/mol. The van der Waals surface area contributed by atoms with Gasteiger partial charge in [-0.3, -0.25) is 9.36 Å². The van der Waals surface area contributed by atoms with Gasteiger partial charge in [0.1, 0.15) is 5.15 Å². The Morgan fingerprint density at radius 3 is 2.42 bits per heavy atom. The van der Waals surface area contributed by atoms with E-state index in [9.17, 15) is 4.79 Å². The quantitative estimate of drug-likeness (QED) is 0.613. The molecule has 4 heteroatoms. The van der Waals surface area contributed by atoms with E-state index < -0.39 is 0 Å². The van der Waals surface area contributed by atoms with Crippen LogP contribution in [-0.2, 0) is 0 Å². The number of para-hydroxylation sites is 1. The van der Waals surface area contributed by atoms with E-state index in [1.54, 1.807) is 0 Å². The van der Waals surface area contributed by atoms with Crippen molar-refractivity contribution in [1.82, 2.24) is 4.57 Å². The molecule has 1 heterocycles. The van der Waals surface area contributed by atoms with Crippen molar-refractivity contribution >= 4 is 44.7 Å². The van der Waals surface area contributed by atoms with Gasteiger partial charge in [0, 0.05) is 15.5 Å². The molecule has 2 nitrogen and oxygen atoms in total. The van der Waals surface area contributed by atoms with Gasteiger partial charge in [-0.2, -0.15) is 0 Å². The molecule has 0 radical (unpaired) electrons. The summed E-state index contributed by atoms with van der Waals surface area (Å²) in [5.41, 5.74) is 2.38. The summed E-state index contributed by atoms with van der Waals surface area (Å²) in [6, 6.07) is 15.5. The summed E-state index contributed by atoms with van der Waals surface area (Å²) in [4.78, 5) is 11.2. The van der Waals surface area contributed by atoms with Gasteiger partial charge < -0.3 is 0 Å². The zero-order valence-corrected chi connectivity index (χ0v) is 12.1. The summed E-state index contributed by atoms with van der Waals surface area (Å²) in [6.07, 6.45) is 0.806. The maximum absolute atomic E-state index is 11.2. The molecule has 0 aliphatic carbocycles. The van der Waals surface area contributed by atoms with E-state index in [1.165, 1.54) is 0 Å². The van der Waals surface area contributed by atoms with Crippen LogP contribution in [0.15, 0.2) is 53.0 Å². The minimum atomic E-state index is 0.443. The molecule has 3 aromatic rings. The third kappa shape index (κ3) is 1.99. The molecule has 0 aliphatic rings. The van der Waals surface area contributed by atoms with Crippen LogP contribution in [0.1, 0.15) is 10.4 Å². The smallest absolute Gasteiger partial charge is 0.153 e. The first kappa shape index (κ1) is 12.5. The van der Waals surface area contributed by atoms with Gasteiger partial charge in [0.2, 0.25) is 0 Å². The lowest BCUT2D eigenvalue weighted by molar-refractivity contribution is 0.112. The average Bonchev–Trinajstić information content (AvgIpc) is 2.71. The number of rotatable bonds is 2. The Labute approximate surface area is 123 Å². The normalized spacial score (nSPS) is 10.8. The molecule has 0 spiro atoms. The largest absolute Gasteiger partial charge is 0.300 e. The van der Waals surface area contributed by atoms with Crippen LogP contribution in [0.25, 0.3) is 16.6 Å². The summed E-state index contributed by atoms with van der Waals surface area (Å²) >= 11 is 9.75. The van der Waals surface area contributed by atoms with Gasteiger partial charge in [0.15, 0.2) is 6.29 Å². The molecular formula is C15H9BrClNO. The molecule has 0 N–H and O–H groups in total. The molecule has 0 aliphatic heterocycles.